The summed E-state index contributed by atoms with van der Waals surface area (Å²) >= 11 is 0. The molecular weight excluding hydrogens is 246 g/mol. The van der Waals surface area contributed by atoms with E-state index in [9.17, 15) is 0 Å². The van der Waals surface area contributed by atoms with Crippen molar-refractivity contribution in [3.63, 3.8) is 0 Å². The molecule has 1 aromatic carbocycles. The Balaban J connectivity index is 1.80. The van der Waals surface area contributed by atoms with Crippen molar-refractivity contribution < 1.29 is 0 Å². The molecule has 0 aliphatic carbocycles. The van der Waals surface area contributed by atoms with E-state index >= 15 is 0 Å². The average molecular weight is 265 g/mol. The van der Waals surface area contributed by atoms with Crippen LogP contribution in [0, 0.1) is 6.92 Å². The van der Waals surface area contributed by atoms with Crippen molar-refractivity contribution in [2.24, 2.45) is 0 Å². The lowest BCUT2D eigenvalue weighted by Gasteiger charge is -2.14. The Morgan fingerprint density at radius 3 is 2.65 bits per heavy atom. The van der Waals surface area contributed by atoms with Gasteiger partial charge in [-0.25, -0.2) is 9.97 Å². The SMILES string of the molecule is Cc1ccccc1/C=C/c1ccnc(N2CCCC2)n1. The minimum Gasteiger partial charge on any atom is -0.341 e. The largest absolute Gasteiger partial charge is 0.341 e. The van der Waals surface area contributed by atoms with Gasteiger partial charge in [-0.15, -0.1) is 0 Å². The topological polar surface area (TPSA) is 29.0 Å². The second-order valence-electron chi connectivity index (χ2n) is 5.17. The molecule has 0 spiro atoms. The van der Waals surface area contributed by atoms with E-state index in [4.69, 9.17) is 0 Å². The van der Waals surface area contributed by atoms with Crippen LogP contribution in [0.5, 0.6) is 0 Å². The maximum absolute atomic E-state index is 4.63. The Labute approximate surface area is 120 Å². The van der Waals surface area contributed by atoms with E-state index in [-0.39, 0.29) is 0 Å². The van der Waals surface area contributed by atoms with E-state index < -0.39 is 0 Å². The zero-order valence-corrected chi connectivity index (χ0v) is 11.8. The van der Waals surface area contributed by atoms with Crippen LogP contribution >= 0.6 is 0 Å². The van der Waals surface area contributed by atoms with Crippen molar-refractivity contribution >= 4 is 18.1 Å². The first kappa shape index (κ1) is 12.9. The van der Waals surface area contributed by atoms with Crippen molar-refractivity contribution in [3.8, 4) is 0 Å². The van der Waals surface area contributed by atoms with Gasteiger partial charge in [0.1, 0.15) is 0 Å². The van der Waals surface area contributed by atoms with Gasteiger partial charge in [-0.2, -0.15) is 0 Å². The summed E-state index contributed by atoms with van der Waals surface area (Å²) in [5.74, 6) is 0.856. The second kappa shape index (κ2) is 5.87. The average Bonchev–Trinajstić information content (AvgIpc) is 3.01. The van der Waals surface area contributed by atoms with Crippen LogP contribution in [0.2, 0.25) is 0 Å². The van der Waals surface area contributed by atoms with E-state index in [0.29, 0.717) is 0 Å². The third kappa shape index (κ3) is 2.87. The number of anilines is 1. The van der Waals surface area contributed by atoms with Gasteiger partial charge >= 0.3 is 0 Å². The standard InChI is InChI=1S/C17H19N3/c1-14-6-2-3-7-15(14)8-9-16-10-11-18-17(19-16)20-12-4-5-13-20/h2-3,6-11H,4-5,12-13H2,1H3/b9-8+. The number of aromatic nitrogens is 2. The van der Waals surface area contributed by atoms with Crippen LogP contribution < -0.4 is 4.90 Å². The van der Waals surface area contributed by atoms with Crippen molar-refractivity contribution in [1.82, 2.24) is 9.97 Å². The summed E-state index contributed by atoms with van der Waals surface area (Å²) in [5.41, 5.74) is 3.47. The van der Waals surface area contributed by atoms with Crippen LogP contribution in [-0.4, -0.2) is 23.1 Å². The summed E-state index contributed by atoms with van der Waals surface area (Å²) in [7, 11) is 0. The van der Waals surface area contributed by atoms with Crippen molar-refractivity contribution in [2.75, 3.05) is 18.0 Å². The zero-order valence-electron chi connectivity index (χ0n) is 11.8. The smallest absolute Gasteiger partial charge is 0.225 e. The molecular formula is C17H19N3. The molecule has 2 heterocycles. The highest BCUT2D eigenvalue weighted by Crippen LogP contribution is 2.16. The van der Waals surface area contributed by atoms with Crippen LogP contribution in [-0.2, 0) is 0 Å². The summed E-state index contributed by atoms with van der Waals surface area (Å²) in [6.07, 6.45) is 8.51. The predicted molar refractivity (Wildman–Crippen MR) is 83.6 cm³/mol. The zero-order chi connectivity index (χ0) is 13.8. The molecule has 0 N–H and O–H groups in total. The van der Waals surface area contributed by atoms with Crippen LogP contribution in [0.1, 0.15) is 29.7 Å². The fourth-order valence-corrected chi connectivity index (χ4v) is 2.47. The molecule has 1 saturated heterocycles. The molecule has 2 aromatic rings. The van der Waals surface area contributed by atoms with Gasteiger partial charge in [-0.1, -0.05) is 30.3 Å². The minimum atomic E-state index is 0.856. The lowest BCUT2D eigenvalue weighted by molar-refractivity contribution is 0.896. The van der Waals surface area contributed by atoms with Gasteiger partial charge in [0, 0.05) is 19.3 Å². The molecule has 1 aliphatic heterocycles. The van der Waals surface area contributed by atoms with Gasteiger partial charge in [0.25, 0.3) is 0 Å². The van der Waals surface area contributed by atoms with Gasteiger partial charge < -0.3 is 4.90 Å². The summed E-state index contributed by atoms with van der Waals surface area (Å²) in [5, 5.41) is 0. The van der Waals surface area contributed by atoms with Gasteiger partial charge in [-0.05, 0) is 43.0 Å². The molecule has 0 atom stereocenters. The summed E-state index contributed by atoms with van der Waals surface area (Å²) in [6.45, 7) is 4.27. The Bertz CT molecular complexity index is 613. The van der Waals surface area contributed by atoms with Gasteiger partial charge in [0.15, 0.2) is 0 Å². The molecule has 0 radical (unpaired) electrons. The van der Waals surface area contributed by atoms with Crippen molar-refractivity contribution in [3.05, 3.63) is 53.3 Å². The number of aryl methyl sites for hydroxylation is 1. The molecule has 3 heteroatoms. The van der Waals surface area contributed by atoms with Gasteiger partial charge in [-0.3, -0.25) is 0 Å². The third-order valence-electron chi connectivity index (χ3n) is 3.68. The van der Waals surface area contributed by atoms with E-state index in [0.717, 1.165) is 24.7 Å². The Morgan fingerprint density at radius 2 is 1.85 bits per heavy atom. The lowest BCUT2D eigenvalue weighted by atomic mass is 10.1. The molecule has 1 aliphatic rings. The van der Waals surface area contributed by atoms with Crippen LogP contribution in [0.15, 0.2) is 36.5 Å². The number of hydrogen-bond donors (Lipinski definition) is 0. The Kier molecular flexibility index (Phi) is 3.77. The van der Waals surface area contributed by atoms with Gasteiger partial charge in [0.2, 0.25) is 5.95 Å². The first-order chi connectivity index (χ1) is 9.83. The number of hydrogen-bond acceptors (Lipinski definition) is 3. The first-order valence-corrected chi connectivity index (χ1v) is 7.15. The fraction of sp³-hybridized carbons (Fsp3) is 0.294. The number of nitrogens with zero attached hydrogens (tertiary/aromatic N) is 3. The Hall–Kier alpha value is -2.16. The van der Waals surface area contributed by atoms with Gasteiger partial charge in [0.05, 0.1) is 5.69 Å². The summed E-state index contributed by atoms with van der Waals surface area (Å²) < 4.78 is 0. The number of benzene rings is 1. The molecule has 102 valence electrons. The molecule has 1 aromatic heterocycles. The molecule has 1 fully saturated rings. The maximum Gasteiger partial charge on any atom is 0.225 e. The predicted octanol–water partition coefficient (Wildman–Crippen LogP) is 3.56. The molecule has 3 rings (SSSR count). The molecule has 3 nitrogen and oxygen atoms in total. The molecule has 20 heavy (non-hydrogen) atoms. The maximum atomic E-state index is 4.63. The van der Waals surface area contributed by atoms with Crippen molar-refractivity contribution in [2.45, 2.75) is 19.8 Å². The second-order valence-corrected chi connectivity index (χ2v) is 5.17. The van der Waals surface area contributed by atoms with Crippen LogP contribution in [0.25, 0.3) is 12.2 Å². The van der Waals surface area contributed by atoms with Crippen molar-refractivity contribution in [1.29, 1.82) is 0 Å². The number of rotatable bonds is 3. The van der Waals surface area contributed by atoms with Crippen LogP contribution in [0.3, 0.4) is 0 Å². The highest BCUT2D eigenvalue weighted by atomic mass is 15.3. The van der Waals surface area contributed by atoms with E-state index in [2.05, 4.69) is 58.2 Å². The third-order valence-corrected chi connectivity index (χ3v) is 3.68. The molecule has 0 unspecified atom stereocenters. The lowest BCUT2D eigenvalue weighted by Crippen LogP contribution is -2.20. The monoisotopic (exact) mass is 265 g/mol. The molecule has 0 amide bonds. The highest BCUT2D eigenvalue weighted by Gasteiger charge is 2.14. The Morgan fingerprint density at radius 1 is 1.05 bits per heavy atom. The van der Waals surface area contributed by atoms with E-state index in [1.807, 2.05) is 12.3 Å². The van der Waals surface area contributed by atoms with E-state index in [1.54, 1.807) is 0 Å². The molecule has 0 saturated carbocycles. The van der Waals surface area contributed by atoms with Crippen LogP contribution in [0.4, 0.5) is 5.95 Å². The van der Waals surface area contributed by atoms with E-state index in [1.165, 1.54) is 24.0 Å². The fourth-order valence-electron chi connectivity index (χ4n) is 2.47. The normalized spacial score (nSPS) is 15.2. The first-order valence-electron chi connectivity index (χ1n) is 7.15. The highest BCUT2D eigenvalue weighted by molar-refractivity contribution is 5.69. The quantitative estimate of drug-likeness (QED) is 0.849. The summed E-state index contributed by atoms with van der Waals surface area (Å²) in [4.78, 5) is 11.3. The minimum absolute atomic E-state index is 0.856. The summed E-state index contributed by atoms with van der Waals surface area (Å²) in [6, 6.07) is 10.3. The molecule has 0 bridgehead atoms.